The summed E-state index contributed by atoms with van der Waals surface area (Å²) in [5.41, 5.74) is 0.356. The van der Waals surface area contributed by atoms with Crippen LogP contribution >= 0.6 is 0 Å². The first kappa shape index (κ1) is 14.2. The van der Waals surface area contributed by atoms with E-state index in [9.17, 15) is 10.4 Å². The van der Waals surface area contributed by atoms with Gasteiger partial charge in [-0.05, 0) is 37.1 Å². The van der Waals surface area contributed by atoms with Crippen LogP contribution in [-0.4, -0.2) is 5.11 Å². The highest BCUT2D eigenvalue weighted by Gasteiger charge is 2.42. The number of phenols is 1. The van der Waals surface area contributed by atoms with Crippen molar-refractivity contribution in [2.75, 3.05) is 0 Å². The molecule has 1 aromatic rings. The molecule has 0 aliphatic carbocycles. The molecule has 0 spiro atoms. The molecule has 1 aromatic carbocycles. The average molecular weight is 277 g/mol. The van der Waals surface area contributed by atoms with Crippen molar-refractivity contribution in [1.82, 2.24) is 0 Å². The Bertz CT molecular complexity index is 767. The molecule has 1 aliphatic heterocycles. The van der Waals surface area contributed by atoms with E-state index in [0.717, 1.165) is 5.56 Å². The number of ether oxygens (including phenoxy) is 1. The Morgan fingerprint density at radius 2 is 1.71 bits per heavy atom. The summed E-state index contributed by atoms with van der Waals surface area (Å²) in [6.45, 7) is 3.48. The largest absolute Gasteiger partial charge is 0.508 e. The van der Waals surface area contributed by atoms with E-state index < -0.39 is 5.60 Å². The molecule has 0 radical (unpaired) electrons. The summed E-state index contributed by atoms with van der Waals surface area (Å²) < 4.78 is 5.79. The zero-order valence-corrected chi connectivity index (χ0v) is 11.5. The molecule has 0 saturated heterocycles. The molecule has 0 saturated carbocycles. The van der Waals surface area contributed by atoms with Crippen molar-refractivity contribution in [2.45, 2.75) is 19.4 Å². The lowest BCUT2D eigenvalue weighted by molar-refractivity contribution is 0.0728. The number of rotatable bonds is 1. The van der Waals surface area contributed by atoms with Gasteiger partial charge in [-0.25, -0.2) is 0 Å². The molecule has 0 bridgehead atoms. The summed E-state index contributed by atoms with van der Waals surface area (Å²) in [6, 6.07) is 11.9. The van der Waals surface area contributed by atoms with Gasteiger partial charge in [-0.15, -0.1) is 0 Å². The van der Waals surface area contributed by atoms with Crippen LogP contribution in [-0.2, 0) is 10.3 Å². The molecule has 5 nitrogen and oxygen atoms in total. The van der Waals surface area contributed by atoms with Crippen molar-refractivity contribution in [3.8, 4) is 24.0 Å². The molecule has 5 heteroatoms. The van der Waals surface area contributed by atoms with Crippen molar-refractivity contribution >= 4 is 0 Å². The molecular formula is C16H11N3O2. The van der Waals surface area contributed by atoms with Gasteiger partial charge in [0.15, 0.2) is 16.9 Å². The maximum Gasteiger partial charge on any atom is 0.172 e. The maximum absolute atomic E-state index is 9.36. The van der Waals surface area contributed by atoms with Crippen molar-refractivity contribution in [1.29, 1.82) is 15.8 Å². The number of nitrogens with zero attached hydrogens (tertiary/aromatic N) is 3. The third-order valence-electron chi connectivity index (χ3n) is 3.60. The summed E-state index contributed by atoms with van der Waals surface area (Å²) >= 11 is 0. The fraction of sp³-hybridized carbons (Fsp3) is 0.188. The van der Waals surface area contributed by atoms with E-state index >= 15 is 0 Å². The molecule has 0 amide bonds. The van der Waals surface area contributed by atoms with E-state index in [4.69, 9.17) is 15.3 Å². The van der Waals surface area contributed by atoms with E-state index in [1.165, 1.54) is 12.1 Å². The molecule has 102 valence electrons. The number of hydrogen-bond acceptors (Lipinski definition) is 5. The zero-order chi connectivity index (χ0) is 15.6. The lowest BCUT2D eigenvalue weighted by Crippen LogP contribution is -2.22. The fourth-order valence-electron chi connectivity index (χ4n) is 2.23. The highest BCUT2D eigenvalue weighted by molar-refractivity contribution is 5.58. The smallest absolute Gasteiger partial charge is 0.172 e. The molecule has 1 unspecified atom stereocenters. The molecule has 2 rings (SSSR count). The second-order valence-electron chi connectivity index (χ2n) is 4.72. The Balaban J connectivity index is 2.66. The van der Waals surface area contributed by atoms with Crippen LogP contribution in [0.1, 0.15) is 19.4 Å². The molecular weight excluding hydrogens is 266 g/mol. The summed E-state index contributed by atoms with van der Waals surface area (Å²) in [5, 5.41) is 36.6. The van der Waals surface area contributed by atoms with E-state index in [0.29, 0.717) is 5.57 Å². The standard InChI is InChI=1S/C16H11N3O2/c1-10-14(9-19)15(11(7-17)8-18)21-16(10,2)12-3-5-13(20)6-4-12/h3-6,20H,1-2H3. The van der Waals surface area contributed by atoms with E-state index in [1.807, 2.05) is 6.07 Å². The van der Waals surface area contributed by atoms with Gasteiger partial charge >= 0.3 is 0 Å². The van der Waals surface area contributed by atoms with Crippen molar-refractivity contribution in [3.05, 3.63) is 52.3 Å². The van der Waals surface area contributed by atoms with Crippen LogP contribution < -0.4 is 0 Å². The Morgan fingerprint density at radius 1 is 1.14 bits per heavy atom. The first-order valence-corrected chi connectivity index (χ1v) is 6.12. The third-order valence-corrected chi connectivity index (χ3v) is 3.60. The predicted molar refractivity (Wildman–Crippen MR) is 73.1 cm³/mol. The first-order chi connectivity index (χ1) is 9.97. The normalized spacial score (nSPS) is 20.2. The highest BCUT2D eigenvalue weighted by Crippen LogP contribution is 2.46. The lowest BCUT2D eigenvalue weighted by Gasteiger charge is -2.26. The van der Waals surface area contributed by atoms with Crippen LogP contribution in [0, 0.1) is 34.0 Å². The molecule has 1 atom stereocenters. The summed E-state index contributed by atoms with van der Waals surface area (Å²) in [4.78, 5) is 0. The monoisotopic (exact) mass is 277 g/mol. The quantitative estimate of drug-likeness (QED) is 0.795. The van der Waals surface area contributed by atoms with Gasteiger partial charge in [-0.1, -0.05) is 12.1 Å². The predicted octanol–water partition coefficient (Wildman–Crippen LogP) is 2.78. The van der Waals surface area contributed by atoms with Crippen LogP contribution in [0.2, 0.25) is 0 Å². The van der Waals surface area contributed by atoms with Crippen LogP contribution in [0.25, 0.3) is 0 Å². The topological polar surface area (TPSA) is 101 Å². The van der Waals surface area contributed by atoms with Crippen LogP contribution in [0.4, 0.5) is 0 Å². The van der Waals surface area contributed by atoms with Crippen LogP contribution in [0.15, 0.2) is 46.7 Å². The number of hydrogen-bond donors (Lipinski definition) is 1. The summed E-state index contributed by atoms with van der Waals surface area (Å²) in [6.07, 6.45) is 0. The fourth-order valence-corrected chi connectivity index (χ4v) is 2.23. The Labute approximate surface area is 122 Å². The van der Waals surface area contributed by atoms with Crippen LogP contribution in [0.5, 0.6) is 5.75 Å². The van der Waals surface area contributed by atoms with Gasteiger partial charge in [0.1, 0.15) is 24.0 Å². The number of allylic oxidation sites excluding steroid dienone is 2. The van der Waals surface area contributed by atoms with E-state index in [-0.39, 0.29) is 22.7 Å². The zero-order valence-electron chi connectivity index (χ0n) is 11.5. The van der Waals surface area contributed by atoms with Crippen molar-refractivity contribution < 1.29 is 9.84 Å². The second kappa shape index (κ2) is 5.04. The minimum Gasteiger partial charge on any atom is -0.508 e. The minimum atomic E-state index is -0.951. The van der Waals surface area contributed by atoms with Gasteiger partial charge in [0.2, 0.25) is 0 Å². The molecule has 1 N–H and O–H groups in total. The van der Waals surface area contributed by atoms with Gasteiger partial charge in [0.05, 0.1) is 5.57 Å². The Kier molecular flexibility index (Phi) is 3.40. The SMILES string of the molecule is CC1=C(C#N)C(=C(C#N)C#N)OC1(C)c1ccc(O)cc1. The Hall–Kier alpha value is -3.23. The molecule has 1 heterocycles. The Morgan fingerprint density at radius 3 is 2.19 bits per heavy atom. The third kappa shape index (κ3) is 2.10. The van der Waals surface area contributed by atoms with Crippen molar-refractivity contribution in [3.63, 3.8) is 0 Å². The average Bonchev–Trinajstić information content (AvgIpc) is 2.74. The van der Waals surface area contributed by atoms with E-state index in [2.05, 4.69) is 0 Å². The van der Waals surface area contributed by atoms with Gasteiger partial charge in [-0.2, -0.15) is 15.8 Å². The van der Waals surface area contributed by atoms with Crippen molar-refractivity contribution in [2.24, 2.45) is 0 Å². The summed E-state index contributed by atoms with van der Waals surface area (Å²) in [7, 11) is 0. The second-order valence-corrected chi connectivity index (χ2v) is 4.72. The lowest BCUT2D eigenvalue weighted by atomic mass is 9.88. The summed E-state index contributed by atoms with van der Waals surface area (Å²) in [5.74, 6) is 0.128. The maximum atomic E-state index is 9.36. The van der Waals surface area contributed by atoms with Gasteiger partial charge in [-0.3, -0.25) is 0 Å². The molecule has 0 fully saturated rings. The first-order valence-electron chi connectivity index (χ1n) is 6.12. The highest BCUT2D eigenvalue weighted by atomic mass is 16.5. The number of aromatic hydroxyl groups is 1. The van der Waals surface area contributed by atoms with Gasteiger partial charge in [0.25, 0.3) is 0 Å². The van der Waals surface area contributed by atoms with Gasteiger partial charge < -0.3 is 9.84 Å². The minimum absolute atomic E-state index is 0.00979. The van der Waals surface area contributed by atoms with Gasteiger partial charge in [0, 0.05) is 0 Å². The number of nitriles is 3. The van der Waals surface area contributed by atoms with E-state index in [1.54, 1.807) is 38.1 Å². The molecule has 21 heavy (non-hydrogen) atoms. The molecule has 0 aromatic heterocycles. The molecule has 1 aliphatic rings. The van der Waals surface area contributed by atoms with Crippen LogP contribution in [0.3, 0.4) is 0 Å². The number of benzene rings is 1. The number of phenolic OH excluding ortho intramolecular Hbond substituents is 1.